The number of benzene rings is 2. The van der Waals surface area contributed by atoms with E-state index in [9.17, 15) is 28.0 Å². The van der Waals surface area contributed by atoms with E-state index in [1.807, 2.05) is 0 Å². The van der Waals surface area contributed by atoms with Crippen molar-refractivity contribution in [1.82, 2.24) is 25.6 Å². The fourth-order valence-corrected chi connectivity index (χ4v) is 3.43. The predicted octanol–water partition coefficient (Wildman–Crippen LogP) is 0.906. The number of rotatable bonds is 5. The smallest absolute Gasteiger partial charge is 0.278 e. The molecule has 4 rings (SSSR count). The van der Waals surface area contributed by atoms with Gasteiger partial charge in [0.05, 0.1) is 11.8 Å². The Morgan fingerprint density at radius 3 is 2.62 bits per heavy atom. The van der Waals surface area contributed by atoms with Crippen LogP contribution in [0.1, 0.15) is 30.0 Å². The molecular weight excluding hydrogens is 424 g/mol. The second-order valence-corrected chi connectivity index (χ2v) is 7.36. The molecule has 3 aromatic rings. The highest BCUT2D eigenvalue weighted by atomic mass is 19.2. The molecule has 2 N–H and O–H groups in total. The van der Waals surface area contributed by atoms with Crippen LogP contribution < -0.4 is 16.2 Å². The van der Waals surface area contributed by atoms with Crippen LogP contribution in [0.5, 0.6) is 0 Å². The van der Waals surface area contributed by atoms with Crippen molar-refractivity contribution < 1.29 is 23.2 Å². The van der Waals surface area contributed by atoms with E-state index in [0.717, 1.165) is 16.8 Å². The largest absolute Gasteiger partial charge is 0.352 e. The molecule has 0 saturated carbocycles. The highest BCUT2D eigenvalue weighted by molar-refractivity contribution is 5.99. The summed E-state index contributed by atoms with van der Waals surface area (Å²) < 4.78 is 27.2. The zero-order valence-electron chi connectivity index (χ0n) is 16.6. The second kappa shape index (κ2) is 8.61. The van der Waals surface area contributed by atoms with Crippen LogP contribution in [0.25, 0.3) is 10.9 Å². The molecule has 0 spiro atoms. The topological polar surface area (TPSA) is 123 Å². The lowest BCUT2D eigenvalue weighted by atomic mass is 10.1. The van der Waals surface area contributed by atoms with Gasteiger partial charge in [-0.1, -0.05) is 17.3 Å². The SMILES string of the molecule is O=C(Cc1ccc(F)c(F)c1)NCc1ccc2c(=O)n(C3CCC(=O)NC3=O)nnc2c1. The number of aromatic nitrogens is 3. The summed E-state index contributed by atoms with van der Waals surface area (Å²) in [6, 6.07) is 7.07. The number of fused-ring (bicyclic) bond motifs is 1. The van der Waals surface area contributed by atoms with Crippen LogP contribution in [-0.2, 0) is 27.3 Å². The fourth-order valence-electron chi connectivity index (χ4n) is 3.43. The molecule has 1 unspecified atom stereocenters. The maximum Gasteiger partial charge on any atom is 0.278 e. The van der Waals surface area contributed by atoms with Crippen molar-refractivity contribution in [3.05, 3.63) is 69.5 Å². The number of nitrogens with zero attached hydrogens (tertiary/aromatic N) is 3. The van der Waals surface area contributed by atoms with Crippen LogP contribution >= 0.6 is 0 Å². The Bertz CT molecular complexity index is 1310. The Kier molecular flexibility index (Phi) is 5.71. The van der Waals surface area contributed by atoms with Crippen LogP contribution in [0.4, 0.5) is 8.78 Å². The van der Waals surface area contributed by atoms with Gasteiger partial charge in [-0.3, -0.25) is 24.5 Å². The zero-order valence-corrected chi connectivity index (χ0v) is 16.6. The fraction of sp³-hybridized carbons (Fsp3) is 0.238. The van der Waals surface area contributed by atoms with Gasteiger partial charge in [-0.2, -0.15) is 4.68 Å². The zero-order chi connectivity index (χ0) is 22.8. The van der Waals surface area contributed by atoms with Gasteiger partial charge in [0.25, 0.3) is 11.5 Å². The molecular formula is C21H17F2N5O4. The van der Waals surface area contributed by atoms with Crippen molar-refractivity contribution >= 4 is 28.6 Å². The standard InChI is InChI=1S/C21H17F2N5O4/c22-14-4-2-11(7-15(14)23)9-19(30)24-10-12-1-3-13-16(8-12)26-27-28(21(13)32)17-5-6-18(29)25-20(17)31/h1-4,7-8,17H,5-6,9-10H2,(H,24,30)(H,25,29,31). The van der Waals surface area contributed by atoms with E-state index in [1.165, 1.54) is 12.1 Å². The third-order valence-corrected chi connectivity index (χ3v) is 5.09. The summed E-state index contributed by atoms with van der Waals surface area (Å²) in [6.07, 6.45) is 0.139. The van der Waals surface area contributed by atoms with E-state index >= 15 is 0 Å². The summed E-state index contributed by atoms with van der Waals surface area (Å²) in [5.41, 5.74) is 0.743. The minimum Gasteiger partial charge on any atom is -0.352 e. The molecule has 11 heteroatoms. The molecule has 0 aliphatic carbocycles. The molecule has 1 aliphatic rings. The molecule has 1 aromatic heterocycles. The lowest BCUT2D eigenvalue weighted by Gasteiger charge is -2.21. The molecule has 1 fully saturated rings. The van der Waals surface area contributed by atoms with E-state index < -0.39 is 41.0 Å². The van der Waals surface area contributed by atoms with Crippen LogP contribution in [0, 0.1) is 11.6 Å². The molecule has 1 aliphatic heterocycles. The van der Waals surface area contributed by atoms with Gasteiger partial charge in [0.15, 0.2) is 11.6 Å². The first kappa shape index (κ1) is 21.2. The highest BCUT2D eigenvalue weighted by Gasteiger charge is 2.30. The number of hydrogen-bond donors (Lipinski definition) is 2. The molecule has 9 nitrogen and oxygen atoms in total. The summed E-state index contributed by atoms with van der Waals surface area (Å²) in [7, 11) is 0. The maximum absolute atomic E-state index is 13.3. The highest BCUT2D eigenvalue weighted by Crippen LogP contribution is 2.17. The Morgan fingerprint density at radius 2 is 1.88 bits per heavy atom. The number of piperidine rings is 1. The number of hydrogen-bond acceptors (Lipinski definition) is 6. The molecule has 0 radical (unpaired) electrons. The Labute approximate surface area is 179 Å². The van der Waals surface area contributed by atoms with Crippen LogP contribution in [0.3, 0.4) is 0 Å². The van der Waals surface area contributed by atoms with Crippen molar-refractivity contribution in [2.24, 2.45) is 0 Å². The molecule has 32 heavy (non-hydrogen) atoms. The van der Waals surface area contributed by atoms with Gasteiger partial charge in [0.2, 0.25) is 11.8 Å². The summed E-state index contributed by atoms with van der Waals surface area (Å²) in [5.74, 6) is -3.40. The number of imide groups is 1. The summed E-state index contributed by atoms with van der Waals surface area (Å²) in [4.78, 5) is 48.2. The van der Waals surface area contributed by atoms with Gasteiger partial charge in [0.1, 0.15) is 11.6 Å². The number of amides is 3. The number of nitrogens with one attached hydrogen (secondary N) is 2. The molecule has 3 amide bonds. The first-order valence-electron chi connectivity index (χ1n) is 9.74. The normalized spacial score (nSPS) is 16.1. The molecule has 2 aromatic carbocycles. The molecule has 2 heterocycles. The first-order valence-corrected chi connectivity index (χ1v) is 9.74. The van der Waals surface area contributed by atoms with Crippen molar-refractivity contribution in [3.8, 4) is 0 Å². The molecule has 164 valence electrons. The quantitative estimate of drug-likeness (QED) is 0.568. The van der Waals surface area contributed by atoms with E-state index in [-0.39, 0.29) is 36.7 Å². The van der Waals surface area contributed by atoms with Crippen LogP contribution in [0.15, 0.2) is 41.2 Å². The summed E-state index contributed by atoms with van der Waals surface area (Å²) in [5, 5.41) is 12.9. The third-order valence-electron chi connectivity index (χ3n) is 5.09. The van der Waals surface area contributed by atoms with Crippen molar-refractivity contribution in [1.29, 1.82) is 0 Å². The van der Waals surface area contributed by atoms with E-state index in [4.69, 9.17) is 0 Å². The van der Waals surface area contributed by atoms with Gasteiger partial charge in [-0.15, -0.1) is 5.10 Å². The third kappa shape index (κ3) is 4.36. The average Bonchev–Trinajstić information content (AvgIpc) is 2.76. The summed E-state index contributed by atoms with van der Waals surface area (Å²) in [6.45, 7) is 0.121. The van der Waals surface area contributed by atoms with Crippen molar-refractivity contribution in [2.75, 3.05) is 0 Å². The Balaban J connectivity index is 1.46. The number of carbonyl (C=O) groups excluding carboxylic acids is 3. The van der Waals surface area contributed by atoms with E-state index in [2.05, 4.69) is 20.9 Å². The molecule has 1 atom stereocenters. The van der Waals surface area contributed by atoms with Gasteiger partial charge < -0.3 is 5.32 Å². The lowest BCUT2D eigenvalue weighted by molar-refractivity contribution is -0.136. The van der Waals surface area contributed by atoms with Gasteiger partial charge in [0, 0.05) is 13.0 Å². The predicted molar refractivity (Wildman–Crippen MR) is 107 cm³/mol. The van der Waals surface area contributed by atoms with Crippen molar-refractivity contribution in [2.45, 2.75) is 31.8 Å². The van der Waals surface area contributed by atoms with Crippen molar-refractivity contribution in [3.63, 3.8) is 0 Å². The van der Waals surface area contributed by atoms with Gasteiger partial charge >= 0.3 is 0 Å². The monoisotopic (exact) mass is 441 g/mol. The van der Waals surface area contributed by atoms with E-state index in [0.29, 0.717) is 11.1 Å². The maximum atomic E-state index is 13.3. The van der Waals surface area contributed by atoms with Gasteiger partial charge in [-0.25, -0.2) is 8.78 Å². The second-order valence-electron chi connectivity index (χ2n) is 7.36. The minimum absolute atomic E-state index is 0.103. The molecule has 1 saturated heterocycles. The Hall–Kier alpha value is -4.02. The first-order chi connectivity index (χ1) is 15.3. The van der Waals surface area contributed by atoms with Crippen LogP contribution in [-0.4, -0.2) is 32.7 Å². The average molecular weight is 441 g/mol. The number of carbonyl (C=O) groups is 3. The minimum atomic E-state index is -1.02. The van der Waals surface area contributed by atoms with Gasteiger partial charge in [-0.05, 0) is 41.8 Å². The van der Waals surface area contributed by atoms with E-state index in [1.54, 1.807) is 12.1 Å². The Morgan fingerprint density at radius 1 is 1.09 bits per heavy atom. The van der Waals surface area contributed by atoms with Crippen LogP contribution in [0.2, 0.25) is 0 Å². The molecule has 0 bridgehead atoms. The number of halogens is 2. The lowest BCUT2D eigenvalue weighted by Crippen LogP contribution is -2.45. The summed E-state index contributed by atoms with van der Waals surface area (Å²) >= 11 is 0.